The van der Waals surface area contributed by atoms with Gasteiger partial charge in [0, 0.05) is 36.1 Å². The number of amides is 1. The van der Waals surface area contributed by atoms with Crippen LogP contribution in [0.4, 0.5) is 11.4 Å². The van der Waals surface area contributed by atoms with Gasteiger partial charge in [-0.25, -0.2) is 0 Å². The molecule has 1 aliphatic rings. The molecule has 0 atom stereocenters. The van der Waals surface area contributed by atoms with Gasteiger partial charge in [0.1, 0.15) is 0 Å². The Morgan fingerprint density at radius 3 is 2.55 bits per heavy atom. The summed E-state index contributed by atoms with van der Waals surface area (Å²) in [5.41, 5.74) is 2.38. The van der Waals surface area contributed by atoms with Crippen molar-refractivity contribution in [2.45, 2.75) is 19.3 Å². The fraction of sp³-hybridized carbons (Fsp3) is 0.294. The minimum atomic E-state index is -0.150. The number of pyridine rings is 1. The van der Waals surface area contributed by atoms with Gasteiger partial charge in [-0.15, -0.1) is 0 Å². The van der Waals surface area contributed by atoms with Gasteiger partial charge in [0.05, 0.1) is 11.4 Å². The molecule has 114 valence electrons. The summed E-state index contributed by atoms with van der Waals surface area (Å²) < 4.78 is 0. The van der Waals surface area contributed by atoms with E-state index in [1.807, 2.05) is 18.2 Å². The molecule has 2 heterocycles. The van der Waals surface area contributed by atoms with Crippen molar-refractivity contribution in [2.75, 3.05) is 23.3 Å². The molecule has 1 amide bonds. The van der Waals surface area contributed by atoms with E-state index in [9.17, 15) is 4.79 Å². The molecule has 0 bridgehead atoms. The van der Waals surface area contributed by atoms with Crippen molar-refractivity contribution in [1.82, 2.24) is 4.98 Å². The molecule has 0 aliphatic carbocycles. The number of carbonyl (C=O) groups excluding carboxylic acids is 1. The fourth-order valence-electron chi connectivity index (χ4n) is 2.72. The number of hydrogen-bond donors (Lipinski definition) is 1. The number of nitrogens with one attached hydrogen (secondary N) is 1. The summed E-state index contributed by atoms with van der Waals surface area (Å²) >= 11 is 6.11. The van der Waals surface area contributed by atoms with Gasteiger partial charge in [0.25, 0.3) is 5.91 Å². The summed E-state index contributed by atoms with van der Waals surface area (Å²) in [6, 6.07) is 9.05. The quantitative estimate of drug-likeness (QED) is 0.932. The average Bonchev–Trinajstić information content (AvgIpc) is 2.56. The van der Waals surface area contributed by atoms with Crippen LogP contribution >= 0.6 is 11.6 Å². The molecule has 1 aromatic heterocycles. The Balaban J connectivity index is 1.85. The summed E-state index contributed by atoms with van der Waals surface area (Å²) in [6.45, 7) is 2.03. The van der Waals surface area contributed by atoms with Crippen LogP contribution in [0.2, 0.25) is 5.02 Å². The smallest absolute Gasteiger partial charge is 0.255 e. The van der Waals surface area contributed by atoms with E-state index in [1.54, 1.807) is 24.5 Å². The van der Waals surface area contributed by atoms with Crippen LogP contribution in [0.3, 0.4) is 0 Å². The van der Waals surface area contributed by atoms with Crippen LogP contribution in [0.5, 0.6) is 0 Å². The molecule has 1 N–H and O–H groups in total. The van der Waals surface area contributed by atoms with Gasteiger partial charge in [0.15, 0.2) is 0 Å². The monoisotopic (exact) mass is 315 g/mol. The third-order valence-corrected chi connectivity index (χ3v) is 4.08. The van der Waals surface area contributed by atoms with Gasteiger partial charge in [-0.2, -0.15) is 0 Å². The minimum absolute atomic E-state index is 0.150. The highest BCUT2D eigenvalue weighted by Crippen LogP contribution is 2.31. The van der Waals surface area contributed by atoms with Gasteiger partial charge in [-0.05, 0) is 49.6 Å². The average molecular weight is 316 g/mol. The van der Waals surface area contributed by atoms with E-state index in [0.29, 0.717) is 10.6 Å². The molecule has 4 nitrogen and oxygen atoms in total. The Hall–Kier alpha value is -2.07. The summed E-state index contributed by atoms with van der Waals surface area (Å²) in [4.78, 5) is 18.6. The first-order chi connectivity index (χ1) is 10.7. The van der Waals surface area contributed by atoms with Gasteiger partial charge in [-0.3, -0.25) is 9.78 Å². The summed E-state index contributed by atoms with van der Waals surface area (Å²) in [5, 5.41) is 3.59. The lowest BCUT2D eigenvalue weighted by atomic mass is 10.1. The van der Waals surface area contributed by atoms with Gasteiger partial charge in [0.2, 0.25) is 0 Å². The highest BCUT2D eigenvalue weighted by Gasteiger charge is 2.16. The lowest BCUT2D eigenvalue weighted by Gasteiger charge is -2.30. The number of aromatic nitrogens is 1. The summed E-state index contributed by atoms with van der Waals surface area (Å²) in [6.07, 6.45) is 6.85. The SMILES string of the molecule is O=C(Nc1cc(Cl)ccc1N1CCCCC1)c1ccncc1. The van der Waals surface area contributed by atoms with Crippen molar-refractivity contribution in [1.29, 1.82) is 0 Å². The standard InChI is InChI=1S/C17H18ClN3O/c18-14-4-5-16(21-10-2-1-3-11-21)15(12-14)20-17(22)13-6-8-19-9-7-13/h4-9,12H,1-3,10-11H2,(H,20,22). The van der Waals surface area contributed by atoms with Gasteiger partial charge in [-0.1, -0.05) is 11.6 Å². The Morgan fingerprint density at radius 1 is 1.09 bits per heavy atom. The maximum Gasteiger partial charge on any atom is 0.255 e. The first-order valence-electron chi connectivity index (χ1n) is 7.50. The number of anilines is 2. The molecule has 0 radical (unpaired) electrons. The normalized spacial score (nSPS) is 14.7. The highest BCUT2D eigenvalue weighted by atomic mass is 35.5. The van der Waals surface area contributed by atoms with E-state index < -0.39 is 0 Å². The molecule has 2 aromatic rings. The van der Waals surface area contributed by atoms with Crippen molar-refractivity contribution in [3.05, 3.63) is 53.3 Å². The Bertz CT molecular complexity index is 654. The van der Waals surface area contributed by atoms with Crippen LogP contribution in [-0.4, -0.2) is 24.0 Å². The van der Waals surface area contributed by atoms with E-state index in [1.165, 1.54) is 19.3 Å². The highest BCUT2D eigenvalue weighted by molar-refractivity contribution is 6.31. The van der Waals surface area contributed by atoms with Crippen molar-refractivity contribution >= 4 is 28.9 Å². The number of benzene rings is 1. The lowest BCUT2D eigenvalue weighted by molar-refractivity contribution is 0.102. The number of nitrogens with zero attached hydrogens (tertiary/aromatic N) is 2. The summed E-state index contributed by atoms with van der Waals surface area (Å²) in [5.74, 6) is -0.150. The predicted octanol–water partition coefficient (Wildman–Crippen LogP) is 3.98. The molecular formula is C17H18ClN3O. The first-order valence-corrected chi connectivity index (χ1v) is 7.88. The second-order valence-corrected chi connectivity index (χ2v) is 5.84. The first kappa shape index (κ1) is 14.9. The van der Waals surface area contributed by atoms with E-state index >= 15 is 0 Å². The fourth-order valence-corrected chi connectivity index (χ4v) is 2.89. The van der Waals surface area contributed by atoms with Crippen LogP contribution in [-0.2, 0) is 0 Å². The van der Waals surface area contributed by atoms with Gasteiger partial charge < -0.3 is 10.2 Å². The van der Waals surface area contributed by atoms with Crippen molar-refractivity contribution in [3.63, 3.8) is 0 Å². The Morgan fingerprint density at radius 2 is 1.82 bits per heavy atom. The van der Waals surface area contributed by atoms with Crippen LogP contribution in [0, 0.1) is 0 Å². The van der Waals surface area contributed by atoms with Crippen LogP contribution in [0.25, 0.3) is 0 Å². The molecule has 0 saturated carbocycles. The molecule has 5 heteroatoms. The van der Waals surface area contributed by atoms with Gasteiger partial charge >= 0.3 is 0 Å². The Kier molecular flexibility index (Phi) is 4.59. The number of halogens is 1. The third kappa shape index (κ3) is 3.39. The van der Waals surface area contributed by atoms with Crippen LogP contribution in [0.15, 0.2) is 42.7 Å². The predicted molar refractivity (Wildman–Crippen MR) is 89.7 cm³/mol. The van der Waals surface area contributed by atoms with Crippen LogP contribution < -0.4 is 10.2 Å². The largest absolute Gasteiger partial charge is 0.370 e. The molecule has 1 aliphatic heterocycles. The van der Waals surface area contributed by atoms with E-state index in [4.69, 9.17) is 11.6 Å². The van der Waals surface area contributed by atoms with E-state index in [-0.39, 0.29) is 5.91 Å². The molecule has 0 spiro atoms. The zero-order chi connectivity index (χ0) is 15.4. The number of carbonyl (C=O) groups is 1. The van der Waals surface area contributed by atoms with E-state index in [2.05, 4.69) is 15.2 Å². The lowest BCUT2D eigenvalue weighted by Crippen LogP contribution is -2.30. The summed E-state index contributed by atoms with van der Waals surface area (Å²) in [7, 11) is 0. The van der Waals surface area contributed by atoms with Crippen molar-refractivity contribution in [2.24, 2.45) is 0 Å². The number of hydrogen-bond acceptors (Lipinski definition) is 3. The maximum atomic E-state index is 12.4. The Labute approximate surface area is 135 Å². The topological polar surface area (TPSA) is 45.2 Å². The molecule has 0 unspecified atom stereocenters. The molecule has 1 aromatic carbocycles. The minimum Gasteiger partial charge on any atom is -0.370 e. The van der Waals surface area contributed by atoms with Crippen molar-refractivity contribution in [3.8, 4) is 0 Å². The molecule has 1 saturated heterocycles. The second-order valence-electron chi connectivity index (χ2n) is 5.40. The molecule has 3 rings (SSSR count). The molecule has 1 fully saturated rings. The molecule has 22 heavy (non-hydrogen) atoms. The molecular weight excluding hydrogens is 298 g/mol. The zero-order valence-electron chi connectivity index (χ0n) is 12.3. The van der Waals surface area contributed by atoms with Crippen LogP contribution in [0.1, 0.15) is 29.6 Å². The van der Waals surface area contributed by atoms with Crippen molar-refractivity contribution < 1.29 is 4.79 Å². The van der Waals surface area contributed by atoms with E-state index in [0.717, 1.165) is 24.5 Å². The zero-order valence-corrected chi connectivity index (χ0v) is 13.0. The third-order valence-electron chi connectivity index (χ3n) is 3.85. The number of rotatable bonds is 3. The second kappa shape index (κ2) is 6.79. The number of piperidine rings is 1. The maximum absolute atomic E-state index is 12.4.